The number of anilines is 1. The van der Waals surface area contributed by atoms with Gasteiger partial charge in [0.1, 0.15) is 11.7 Å². The van der Waals surface area contributed by atoms with E-state index in [1.165, 1.54) is 0 Å². The molecule has 1 aromatic heterocycles. The van der Waals surface area contributed by atoms with Crippen molar-refractivity contribution in [3.63, 3.8) is 0 Å². The number of fused-ring (bicyclic) bond motifs is 1. The first-order valence-electron chi connectivity index (χ1n) is 5.79. The van der Waals surface area contributed by atoms with Gasteiger partial charge in [0.05, 0.1) is 6.07 Å². The van der Waals surface area contributed by atoms with Gasteiger partial charge in [0.15, 0.2) is 0 Å². The van der Waals surface area contributed by atoms with Crippen molar-refractivity contribution in [2.24, 2.45) is 5.92 Å². The third kappa shape index (κ3) is 1.86. The minimum absolute atomic E-state index is 0.0148. The molecule has 3 rings (SSSR count). The fourth-order valence-electron chi connectivity index (χ4n) is 2.33. The van der Waals surface area contributed by atoms with Crippen LogP contribution in [0.2, 0.25) is 0 Å². The predicted molar refractivity (Wildman–Crippen MR) is 74.5 cm³/mol. The molecule has 0 fully saturated rings. The van der Waals surface area contributed by atoms with E-state index in [-0.39, 0.29) is 11.8 Å². The standard InChI is InChI=1S/C14H11N3OS/c15-7-10-13(12-2-1-5-19-12)9-4-3-8(16)6-11(9)18-14(10)17/h1-6,10,13,17H,16H2. The molecule has 0 spiro atoms. The summed E-state index contributed by atoms with van der Waals surface area (Å²) in [6, 6.07) is 11.5. The van der Waals surface area contributed by atoms with Gasteiger partial charge in [-0.25, -0.2) is 0 Å². The van der Waals surface area contributed by atoms with E-state index in [0.717, 1.165) is 10.4 Å². The Morgan fingerprint density at radius 2 is 2.21 bits per heavy atom. The summed E-state index contributed by atoms with van der Waals surface area (Å²) in [5, 5.41) is 19.2. The maximum atomic E-state index is 9.32. The Balaban J connectivity index is 2.19. The number of nitrogens with one attached hydrogen (secondary N) is 1. The fraction of sp³-hybridized carbons (Fsp3) is 0.143. The lowest BCUT2D eigenvalue weighted by molar-refractivity contribution is 0.453. The molecular weight excluding hydrogens is 258 g/mol. The van der Waals surface area contributed by atoms with Gasteiger partial charge in [-0.3, -0.25) is 5.41 Å². The number of thiophene rings is 1. The number of rotatable bonds is 1. The van der Waals surface area contributed by atoms with Crippen LogP contribution in [0, 0.1) is 22.7 Å². The number of hydrogen-bond donors (Lipinski definition) is 2. The summed E-state index contributed by atoms with van der Waals surface area (Å²) < 4.78 is 5.43. The normalized spacial score (nSPS) is 21.3. The van der Waals surface area contributed by atoms with E-state index in [1.54, 1.807) is 23.5 Å². The molecule has 3 N–H and O–H groups in total. The molecule has 0 amide bonds. The third-order valence-corrected chi connectivity index (χ3v) is 4.15. The van der Waals surface area contributed by atoms with Crippen LogP contribution < -0.4 is 10.5 Å². The molecule has 1 aliphatic rings. The van der Waals surface area contributed by atoms with Crippen LogP contribution in [0.15, 0.2) is 35.7 Å². The van der Waals surface area contributed by atoms with Gasteiger partial charge >= 0.3 is 0 Å². The van der Waals surface area contributed by atoms with Crippen molar-refractivity contribution in [3.05, 3.63) is 46.2 Å². The highest BCUT2D eigenvalue weighted by molar-refractivity contribution is 7.10. The molecule has 1 aromatic carbocycles. The summed E-state index contributed by atoms with van der Waals surface area (Å²) in [7, 11) is 0. The molecule has 4 nitrogen and oxygen atoms in total. The number of nitrogen functional groups attached to an aromatic ring is 1. The molecule has 0 aliphatic carbocycles. The van der Waals surface area contributed by atoms with Crippen molar-refractivity contribution in [2.45, 2.75) is 5.92 Å². The number of nitriles is 1. The molecule has 0 bridgehead atoms. The van der Waals surface area contributed by atoms with E-state index in [2.05, 4.69) is 6.07 Å². The zero-order chi connectivity index (χ0) is 13.4. The lowest BCUT2D eigenvalue weighted by Gasteiger charge is -2.29. The molecule has 2 aromatic rings. The molecule has 2 atom stereocenters. The summed E-state index contributed by atoms with van der Waals surface area (Å²) in [6.07, 6.45) is 0. The molecule has 1 aliphatic heterocycles. The van der Waals surface area contributed by atoms with Crippen LogP contribution in [0.5, 0.6) is 5.75 Å². The van der Waals surface area contributed by atoms with Crippen molar-refractivity contribution in [2.75, 3.05) is 5.73 Å². The maximum Gasteiger partial charge on any atom is 0.205 e. The second-order valence-corrected chi connectivity index (χ2v) is 5.34. The molecule has 5 heteroatoms. The van der Waals surface area contributed by atoms with Crippen LogP contribution in [0.1, 0.15) is 16.4 Å². The molecule has 2 unspecified atom stereocenters. The Labute approximate surface area is 114 Å². The second-order valence-electron chi connectivity index (χ2n) is 4.36. The van der Waals surface area contributed by atoms with Crippen LogP contribution in [-0.2, 0) is 0 Å². The van der Waals surface area contributed by atoms with Crippen molar-refractivity contribution < 1.29 is 4.74 Å². The van der Waals surface area contributed by atoms with Crippen molar-refractivity contribution in [1.82, 2.24) is 0 Å². The summed E-state index contributed by atoms with van der Waals surface area (Å²) in [5.74, 6) is -0.175. The Kier molecular flexibility index (Phi) is 2.73. The van der Waals surface area contributed by atoms with Crippen molar-refractivity contribution in [3.8, 4) is 11.8 Å². The first-order valence-corrected chi connectivity index (χ1v) is 6.67. The Hall–Kier alpha value is -2.32. The van der Waals surface area contributed by atoms with Crippen molar-refractivity contribution in [1.29, 1.82) is 10.7 Å². The smallest absolute Gasteiger partial charge is 0.205 e. The van der Waals surface area contributed by atoms with E-state index in [9.17, 15) is 5.26 Å². The summed E-state index contributed by atoms with van der Waals surface area (Å²) in [5.41, 5.74) is 7.25. The van der Waals surface area contributed by atoms with Crippen LogP contribution in [0.4, 0.5) is 5.69 Å². The van der Waals surface area contributed by atoms with Gasteiger partial charge in [-0.15, -0.1) is 11.3 Å². The maximum absolute atomic E-state index is 9.32. The van der Waals surface area contributed by atoms with Gasteiger partial charge in [-0.05, 0) is 17.5 Å². The monoisotopic (exact) mass is 269 g/mol. The number of nitrogens with two attached hydrogens (primary N) is 1. The average Bonchev–Trinajstić information content (AvgIpc) is 2.90. The zero-order valence-electron chi connectivity index (χ0n) is 9.96. The predicted octanol–water partition coefficient (Wildman–Crippen LogP) is 2.97. The van der Waals surface area contributed by atoms with Gasteiger partial charge in [0.2, 0.25) is 5.90 Å². The van der Waals surface area contributed by atoms with E-state index in [4.69, 9.17) is 15.9 Å². The van der Waals surface area contributed by atoms with Gasteiger partial charge in [0, 0.05) is 28.1 Å². The molecular formula is C14H11N3OS. The first-order chi connectivity index (χ1) is 9.20. The van der Waals surface area contributed by atoms with Gasteiger partial charge < -0.3 is 10.5 Å². The Bertz CT molecular complexity index is 672. The summed E-state index contributed by atoms with van der Waals surface area (Å²) in [6.45, 7) is 0. The average molecular weight is 269 g/mol. The van der Waals surface area contributed by atoms with E-state index < -0.39 is 5.92 Å². The van der Waals surface area contributed by atoms with E-state index in [0.29, 0.717) is 11.4 Å². The Morgan fingerprint density at radius 3 is 2.89 bits per heavy atom. The highest BCUT2D eigenvalue weighted by Crippen LogP contribution is 2.43. The topological polar surface area (TPSA) is 82.9 Å². The molecule has 2 heterocycles. The van der Waals surface area contributed by atoms with Gasteiger partial charge in [-0.1, -0.05) is 12.1 Å². The van der Waals surface area contributed by atoms with E-state index >= 15 is 0 Å². The summed E-state index contributed by atoms with van der Waals surface area (Å²) >= 11 is 1.58. The van der Waals surface area contributed by atoms with Crippen molar-refractivity contribution >= 4 is 22.9 Å². The number of ether oxygens (including phenoxy) is 1. The molecule has 0 saturated heterocycles. The lowest BCUT2D eigenvalue weighted by atomic mass is 9.83. The first kappa shape index (κ1) is 11.8. The quantitative estimate of drug-likeness (QED) is 0.781. The minimum atomic E-state index is -0.588. The molecule has 0 saturated carbocycles. The number of nitrogens with zero attached hydrogens (tertiary/aromatic N) is 1. The third-order valence-electron chi connectivity index (χ3n) is 3.20. The second kappa shape index (κ2) is 4.41. The fourth-order valence-corrected chi connectivity index (χ4v) is 3.21. The summed E-state index contributed by atoms with van der Waals surface area (Å²) in [4.78, 5) is 1.06. The van der Waals surface area contributed by atoms with Crippen LogP contribution >= 0.6 is 11.3 Å². The minimum Gasteiger partial charge on any atom is -0.442 e. The number of benzene rings is 1. The molecule has 0 radical (unpaired) electrons. The largest absolute Gasteiger partial charge is 0.442 e. The number of hydrogen-bond acceptors (Lipinski definition) is 5. The Morgan fingerprint density at radius 1 is 1.37 bits per heavy atom. The van der Waals surface area contributed by atoms with Gasteiger partial charge in [0.25, 0.3) is 0 Å². The van der Waals surface area contributed by atoms with Crippen LogP contribution in [0.3, 0.4) is 0 Å². The highest BCUT2D eigenvalue weighted by atomic mass is 32.1. The van der Waals surface area contributed by atoms with Crippen LogP contribution in [-0.4, -0.2) is 5.90 Å². The SMILES string of the molecule is N#CC1C(=N)Oc2cc(N)ccc2C1c1cccs1. The van der Waals surface area contributed by atoms with E-state index in [1.807, 2.05) is 23.6 Å². The molecule has 94 valence electrons. The van der Waals surface area contributed by atoms with Gasteiger partial charge in [-0.2, -0.15) is 5.26 Å². The lowest BCUT2D eigenvalue weighted by Crippen LogP contribution is -2.30. The zero-order valence-corrected chi connectivity index (χ0v) is 10.8. The molecule has 19 heavy (non-hydrogen) atoms. The van der Waals surface area contributed by atoms with Crippen LogP contribution in [0.25, 0.3) is 0 Å². The highest BCUT2D eigenvalue weighted by Gasteiger charge is 2.37.